The second-order valence-electron chi connectivity index (χ2n) is 7.25. The van der Waals surface area contributed by atoms with E-state index in [4.69, 9.17) is 64.9 Å². The highest BCUT2D eigenvalue weighted by Crippen LogP contribution is 2.32. The van der Waals surface area contributed by atoms with Crippen LogP contribution < -0.4 is 5.73 Å². The van der Waals surface area contributed by atoms with Crippen LogP contribution in [0, 0.1) is 5.41 Å². The molecule has 31 heavy (non-hydrogen) atoms. The minimum absolute atomic E-state index is 0.325. The third-order valence-electron chi connectivity index (χ3n) is 4.89. The Hall–Kier alpha value is -1.38. The van der Waals surface area contributed by atoms with Crippen molar-refractivity contribution in [2.75, 3.05) is 0 Å². The zero-order valence-corrected chi connectivity index (χ0v) is 19.2. The maximum absolute atomic E-state index is 7.85. The number of halogens is 3. The number of hydrogen-bond donors (Lipinski definition) is 2. The lowest BCUT2D eigenvalue weighted by molar-refractivity contribution is -0.256. The molecule has 0 spiro atoms. The molecule has 6 nitrogen and oxygen atoms in total. The average Bonchev–Trinajstić information content (AvgIpc) is 2.75. The third kappa shape index (κ3) is 6.80. The van der Waals surface area contributed by atoms with E-state index in [1.807, 2.05) is 67.6 Å². The molecule has 2 aromatic carbocycles. The normalized spacial score (nSPS) is 26.4. The molecule has 3 N–H and O–H groups in total. The topological polar surface area (TPSA) is 86.8 Å². The lowest BCUT2D eigenvalue weighted by Gasteiger charge is -2.44. The Morgan fingerprint density at radius 1 is 0.935 bits per heavy atom. The number of ether oxygens (including phenoxy) is 4. The molecule has 0 amide bonds. The summed E-state index contributed by atoms with van der Waals surface area (Å²) in [6.07, 6.45) is -2.53. The fourth-order valence-corrected chi connectivity index (χ4v) is 3.41. The molecule has 1 saturated heterocycles. The first kappa shape index (κ1) is 24.3. The Bertz CT molecular complexity index is 836. The molecule has 0 saturated carbocycles. The van der Waals surface area contributed by atoms with Gasteiger partial charge in [-0.15, -0.1) is 0 Å². The van der Waals surface area contributed by atoms with Gasteiger partial charge in [0.25, 0.3) is 3.79 Å². The Morgan fingerprint density at radius 2 is 1.42 bits per heavy atom. The van der Waals surface area contributed by atoms with Gasteiger partial charge in [-0.2, -0.15) is 0 Å². The second kappa shape index (κ2) is 11.0. The minimum Gasteiger partial charge on any atom is -0.446 e. The van der Waals surface area contributed by atoms with Gasteiger partial charge in [0.1, 0.15) is 12.2 Å². The van der Waals surface area contributed by atoms with Crippen molar-refractivity contribution in [1.82, 2.24) is 0 Å². The lowest BCUT2D eigenvalue weighted by Crippen LogP contribution is -2.63. The summed E-state index contributed by atoms with van der Waals surface area (Å²) in [5, 5.41) is 7.85. The molecular weight excluding hydrogens is 463 g/mol. The van der Waals surface area contributed by atoms with Crippen molar-refractivity contribution in [2.45, 2.75) is 54.6 Å². The summed E-state index contributed by atoms with van der Waals surface area (Å²) in [7, 11) is 0. The number of nitrogens with two attached hydrogens (primary N) is 1. The van der Waals surface area contributed by atoms with E-state index in [-0.39, 0.29) is 0 Å². The number of alkyl halides is 3. The van der Waals surface area contributed by atoms with Gasteiger partial charge < -0.3 is 24.7 Å². The summed E-state index contributed by atoms with van der Waals surface area (Å²) in [6.45, 7) is 2.52. The summed E-state index contributed by atoms with van der Waals surface area (Å²) in [5.74, 6) is -0.574. The molecule has 0 aliphatic carbocycles. The summed E-state index contributed by atoms with van der Waals surface area (Å²) in [5.41, 5.74) is 8.42. The van der Waals surface area contributed by atoms with Crippen LogP contribution in [0.15, 0.2) is 60.7 Å². The van der Waals surface area contributed by atoms with Crippen molar-refractivity contribution < 1.29 is 18.9 Å². The minimum atomic E-state index is -2.02. The van der Waals surface area contributed by atoms with Crippen molar-refractivity contribution in [3.63, 3.8) is 0 Å². The molecule has 1 heterocycles. The Morgan fingerprint density at radius 3 is 1.90 bits per heavy atom. The van der Waals surface area contributed by atoms with Crippen LogP contribution in [0.3, 0.4) is 0 Å². The van der Waals surface area contributed by atoms with E-state index in [0.29, 0.717) is 13.2 Å². The molecule has 5 atom stereocenters. The molecule has 3 rings (SSSR count). The van der Waals surface area contributed by atoms with Crippen LogP contribution in [-0.2, 0) is 32.2 Å². The highest BCUT2D eigenvalue weighted by atomic mass is 35.6. The van der Waals surface area contributed by atoms with Gasteiger partial charge in [-0.3, -0.25) is 5.41 Å². The lowest BCUT2D eigenvalue weighted by atomic mass is 9.97. The largest absolute Gasteiger partial charge is 0.446 e. The molecule has 9 heteroatoms. The van der Waals surface area contributed by atoms with Gasteiger partial charge in [-0.05, 0) is 18.1 Å². The van der Waals surface area contributed by atoms with E-state index < -0.39 is 40.3 Å². The van der Waals surface area contributed by atoms with Crippen LogP contribution in [-0.4, -0.2) is 40.3 Å². The zero-order valence-electron chi connectivity index (χ0n) is 16.9. The SMILES string of the molecule is CC1O[C@@H](OC(=N)C(Cl)(Cl)Cl)C(N)C(OCc2ccccc2)[C@@H]1OCc1ccccc1. The number of hydrogen-bond acceptors (Lipinski definition) is 6. The maximum atomic E-state index is 7.85. The molecular formula is C22H25Cl3N2O4. The number of rotatable bonds is 7. The van der Waals surface area contributed by atoms with Gasteiger partial charge in [0, 0.05) is 0 Å². The number of benzene rings is 2. The van der Waals surface area contributed by atoms with E-state index in [1.165, 1.54) is 0 Å². The van der Waals surface area contributed by atoms with Crippen LogP contribution in [0.5, 0.6) is 0 Å². The van der Waals surface area contributed by atoms with Gasteiger partial charge in [0.05, 0.1) is 25.4 Å². The average molecular weight is 488 g/mol. The second-order valence-corrected chi connectivity index (χ2v) is 9.54. The predicted molar refractivity (Wildman–Crippen MR) is 121 cm³/mol. The summed E-state index contributed by atoms with van der Waals surface area (Å²) >= 11 is 17.2. The monoisotopic (exact) mass is 486 g/mol. The number of nitrogens with one attached hydrogen (secondary N) is 1. The van der Waals surface area contributed by atoms with Crippen molar-refractivity contribution in [3.05, 3.63) is 71.8 Å². The van der Waals surface area contributed by atoms with Gasteiger partial charge in [-0.1, -0.05) is 95.5 Å². The molecule has 2 aromatic rings. The quantitative estimate of drug-likeness (QED) is 0.339. The predicted octanol–water partition coefficient (Wildman–Crippen LogP) is 4.59. The van der Waals surface area contributed by atoms with Crippen LogP contribution in [0.4, 0.5) is 0 Å². The van der Waals surface area contributed by atoms with E-state index in [0.717, 1.165) is 11.1 Å². The Labute approximate surface area is 197 Å². The van der Waals surface area contributed by atoms with E-state index in [2.05, 4.69) is 0 Å². The first-order valence-corrected chi connectivity index (χ1v) is 10.9. The Balaban J connectivity index is 1.74. The van der Waals surface area contributed by atoms with Crippen molar-refractivity contribution in [3.8, 4) is 0 Å². The Kier molecular flexibility index (Phi) is 8.58. The summed E-state index contributed by atoms with van der Waals surface area (Å²) in [6, 6.07) is 18.7. The van der Waals surface area contributed by atoms with Crippen LogP contribution in [0.1, 0.15) is 18.1 Å². The highest BCUT2D eigenvalue weighted by Gasteiger charge is 2.46. The van der Waals surface area contributed by atoms with E-state index >= 15 is 0 Å². The standard InChI is InChI=1S/C22H25Cl3N2O4/c1-14-18(28-12-15-8-4-2-5-9-15)19(29-13-16-10-6-3-7-11-16)17(26)20(30-14)31-21(27)22(23,24)25/h2-11,14,17-20,27H,12-13,26H2,1H3/t14?,17?,18-,19?,20+/m1/s1. The highest BCUT2D eigenvalue weighted by molar-refractivity contribution is 6.76. The van der Waals surface area contributed by atoms with Gasteiger partial charge >= 0.3 is 0 Å². The third-order valence-corrected chi connectivity index (χ3v) is 5.41. The smallest absolute Gasteiger partial charge is 0.265 e. The van der Waals surface area contributed by atoms with Gasteiger partial charge in [-0.25, -0.2) is 0 Å². The summed E-state index contributed by atoms with van der Waals surface area (Å²) < 4.78 is 21.6. The first-order valence-electron chi connectivity index (χ1n) is 9.80. The van der Waals surface area contributed by atoms with Crippen molar-refractivity contribution in [2.24, 2.45) is 5.73 Å². The fraction of sp³-hybridized carbons (Fsp3) is 0.409. The molecule has 1 aliphatic rings. The van der Waals surface area contributed by atoms with Crippen molar-refractivity contribution >= 4 is 40.7 Å². The molecule has 3 unspecified atom stereocenters. The van der Waals surface area contributed by atoms with Crippen LogP contribution >= 0.6 is 34.8 Å². The van der Waals surface area contributed by atoms with E-state index in [9.17, 15) is 0 Å². The molecule has 0 bridgehead atoms. The van der Waals surface area contributed by atoms with Crippen LogP contribution in [0.25, 0.3) is 0 Å². The molecule has 0 radical (unpaired) electrons. The molecule has 1 aliphatic heterocycles. The molecule has 0 aromatic heterocycles. The van der Waals surface area contributed by atoms with Gasteiger partial charge in [0.2, 0.25) is 12.2 Å². The fourth-order valence-electron chi connectivity index (χ4n) is 3.28. The zero-order chi connectivity index (χ0) is 22.4. The van der Waals surface area contributed by atoms with Crippen LogP contribution in [0.2, 0.25) is 0 Å². The maximum Gasteiger partial charge on any atom is 0.265 e. The first-order chi connectivity index (χ1) is 14.8. The summed E-state index contributed by atoms with van der Waals surface area (Å²) in [4.78, 5) is 0. The van der Waals surface area contributed by atoms with Crippen molar-refractivity contribution in [1.29, 1.82) is 5.41 Å². The van der Waals surface area contributed by atoms with E-state index in [1.54, 1.807) is 0 Å². The van der Waals surface area contributed by atoms with Gasteiger partial charge in [0.15, 0.2) is 0 Å². The molecule has 1 fully saturated rings. The molecule has 168 valence electrons.